The van der Waals surface area contributed by atoms with Crippen LogP contribution < -0.4 is 5.32 Å². The highest BCUT2D eigenvalue weighted by Gasteiger charge is 2.05. The van der Waals surface area contributed by atoms with Crippen LogP contribution >= 0.6 is 0 Å². The molecular formula is C15H14F3N. The summed E-state index contributed by atoms with van der Waals surface area (Å²) in [4.78, 5) is 0. The van der Waals surface area contributed by atoms with Crippen LogP contribution in [0.3, 0.4) is 0 Å². The molecule has 100 valence electrons. The predicted molar refractivity (Wildman–Crippen MR) is 69.9 cm³/mol. The molecule has 0 aliphatic rings. The van der Waals surface area contributed by atoms with E-state index in [1.165, 1.54) is 24.3 Å². The molecule has 19 heavy (non-hydrogen) atoms. The van der Waals surface area contributed by atoms with E-state index in [1.54, 1.807) is 12.1 Å². The molecule has 0 fully saturated rings. The molecular weight excluding hydrogens is 251 g/mol. The Morgan fingerprint density at radius 3 is 2.32 bits per heavy atom. The molecule has 0 unspecified atom stereocenters. The predicted octanol–water partition coefficient (Wildman–Crippen LogP) is 4.68. The van der Waals surface area contributed by atoms with Crippen LogP contribution in [0.15, 0.2) is 42.5 Å². The Morgan fingerprint density at radius 1 is 1.05 bits per heavy atom. The summed E-state index contributed by atoms with van der Waals surface area (Å²) < 4.78 is 37.9. The summed E-state index contributed by atoms with van der Waals surface area (Å²) >= 11 is 0. The normalized spacial score (nSPS) is 10.8. The topological polar surface area (TPSA) is 12.0 Å². The number of rotatable bonds is 4. The van der Waals surface area contributed by atoms with Crippen molar-refractivity contribution in [3.8, 4) is 0 Å². The quantitative estimate of drug-likeness (QED) is 0.846. The molecule has 2 rings (SSSR count). The van der Waals surface area contributed by atoms with Gasteiger partial charge in [0.25, 0.3) is 6.43 Å². The fraction of sp³-hybridized carbons (Fsp3) is 0.200. The SMILES string of the molecule is Cc1cc(F)cc(NCc2ccc(C(F)F)cc2)c1. The minimum atomic E-state index is -2.45. The maximum absolute atomic E-state index is 13.2. The van der Waals surface area contributed by atoms with Gasteiger partial charge in [-0.15, -0.1) is 0 Å². The molecule has 1 nitrogen and oxygen atoms in total. The largest absolute Gasteiger partial charge is 0.381 e. The van der Waals surface area contributed by atoms with E-state index in [2.05, 4.69) is 5.32 Å². The molecule has 0 aromatic heterocycles. The summed E-state index contributed by atoms with van der Waals surface area (Å²) in [6.07, 6.45) is -2.45. The van der Waals surface area contributed by atoms with Crippen molar-refractivity contribution in [3.05, 3.63) is 65.0 Å². The van der Waals surface area contributed by atoms with Crippen LogP contribution in [0.1, 0.15) is 23.1 Å². The average Bonchev–Trinajstić information content (AvgIpc) is 2.36. The summed E-state index contributed by atoms with van der Waals surface area (Å²) in [6, 6.07) is 10.8. The van der Waals surface area contributed by atoms with Crippen molar-refractivity contribution >= 4 is 5.69 Å². The van der Waals surface area contributed by atoms with Crippen molar-refractivity contribution in [1.29, 1.82) is 0 Å². The molecule has 0 aliphatic heterocycles. The molecule has 0 bridgehead atoms. The standard InChI is InChI=1S/C15H14F3N/c1-10-6-13(16)8-14(7-10)19-9-11-2-4-12(5-3-11)15(17)18/h2-8,15,19H,9H2,1H3. The Labute approximate surface area is 110 Å². The van der Waals surface area contributed by atoms with Crippen molar-refractivity contribution in [2.45, 2.75) is 19.9 Å². The second kappa shape index (κ2) is 5.78. The molecule has 0 atom stereocenters. The van der Waals surface area contributed by atoms with Crippen molar-refractivity contribution in [2.75, 3.05) is 5.32 Å². The zero-order chi connectivity index (χ0) is 13.8. The average molecular weight is 265 g/mol. The van der Waals surface area contributed by atoms with E-state index >= 15 is 0 Å². The summed E-state index contributed by atoms with van der Waals surface area (Å²) in [7, 11) is 0. The molecule has 2 aromatic rings. The monoisotopic (exact) mass is 265 g/mol. The van der Waals surface area contributed by atoms with Gasteiger partial charge in [0.1, 0.15) is 5.82 Å². The van der Waals surface area contributed by atoms with Gasteiger partial charge in [0, 0.05) is 17.8 Å². The van der Waals surface area contributed by atoms with Crippen molar-refractivity contribution in [3.63, 3.8) is 0 Å². The lowest BCUT2D eigenvalue weighted by molar-refractivity contribution is 0.151. The zero-order valence-corrected chi connectivity index (χ0v) is 10.5. The van der Waals surface area contributed by atoms with Gasteiger partial charge in [-0.2, -0.15) is 0 Å². The van der Waals surface area contributed by atoms with Crippen molar-refractivity contribution in [1.82, 2.24) is 0 Å². The van der Waals surface area contributed by atoms with Crippen LogP contribution in [-0.4, -0.2) is 0 Å². The molecule has 4 heteroatoms. The molecule has 0 spiro atoms. The van der Waals surface area contributed by atoms with E-state index in [1.807, 2.05) is 13.0 Å². The highest BCUT2D eigenvalue weighted by molar-refractivity contribution is 5.46. The number of benzene rings is 2. The van der Waals surface area contributed by atoms with E-state index < -0.39 is 6.43 Å². The summed E-state index contributed by atoms with van der Waals surface area (Å²) in [6.45, 7) is 2.28. The van der Waals surface area contributed by atoms with Gasteiger partial charge in [-0.3, -0.25) is 0 Å². The summed E-state index contributed by atoms with van der Waals surface area (Å²) in [5, 5.41) is 3.06. The zero-order valence-electron chi connectivity index (χ0n) is 10.5. The molecule has 0 saturated heterocycles. The highest BCUT2D eigenvalue weighted by Crippen LogP contribution is 2.19. The molecule has 0 radical (unpaired) electrons. The first-order chi connectivity index (χ1) is 9.04. The summed E-state index contributed by atoms with van der Waals surface area (Å²) in [5.41, 5.74) is 2.38. The van der Waals surface area contributed by atoms with Crippen molar-refractivity contribution in [2.24, 2.45) is 0 Å². The van der Waals surface area contributed by atoms with E-state index in [4.69, 9.17) is 0 Å². The molecule has 2 aromatic carbocycles. The molecule has 1 N–H and O–H groups in total. The lowest BCUT2D eigenvalue weighted by Gasteiger charge is -2.08. The van der Waals surface area contributed by atoms with Crippen LogP contribution in [-0.2, 0) is 6.54 Å². The minimum Gasteiger partial charge on any atom is -0.381 e. The van der Waals surface area contributed by atoms with E-state index in [0.717, 1.165) is 11.1 Å². The first-order valence-corrected chi connectivity index (χ1v) is 5.92. The maximum atomic E-state index is 13.2. The van der Waals surface area contributed by atoms with Crippen LogP contribution in [0.5, 0.6) is 0 Å². The fourth-order valence-corrected chi connectivity index (χ4v) is 1.82. The number of nitrogens with one attached hydrogen (secondary N) is 1. The second-order valence-electron chi connectivity index (χ2n) is 4.41. The van der Waals surface area contributed by atoms with Gasteiger partial charge in [-0.05, 0) is 36.2 Å². The number of hydrogen-bond acceptors (Lipinski definition) is 1. The Kier molecular flexibility index (Phi) is 4.10. The van der Waals surface area contributed by atoms with Gasteiger partial charge in [-0.25, -0.2) is 13.2 Å². The maximum Gasteiger partial charge on any atom is 0.263 e. The molecule has 0 saturated carbocycles. The van der Waals surface area contributed by atoms with Gasteiger partial charge in [0.05, 0.1) is 0 Å². The van der Waals surface area contributed by atoms with Gasteiger partial charge in [0.15, 0.2) is 0 Å². The van der Waals surface area contributed by atoms with Crippen LogP contribution in [0, 0.1) is 12.7 Å². The number of aryl methyl sites for hydroxylation is 1. The first-order valence-electron chi connectivity index (χ1n) is 5.92. The van der Waals surface area contributed by atoms with E-state index in [0.29, 0.717) is 12.2 Å². The number of alkyl halides is 2. The Hall–Kier alpha value is -1.97. The molecule has 0 amide bonds. The Balaban J connectivity index is 2.02. The van der Waals surface area contributed by atoms with Crippen molar-refractivity contribution < 1.29 is 13.2 Å². The van der Waals surface area contributed by atoms with E-state index in [-0.39, 0.29) is 11.4 Å². The summed E-state index contributed by atoms with van der Waals surface area (Å²) in [5.74, 6) is -0.296. The third-order valence-corrected chi connectivity index (χ3v) is 2.77. The van der Waals surface area contributed by atoms with Gasteiger partial charge < -0.3 is 5.32 Å². The van der Waals surface area contributed by atoms with Gasteiger partial charge in [0.2, 0.25) is 0 Å². The Morgan fingerprint density at radius 2 is 1.74 bits per heavy atom. The van der Waals surface area contributed by atoms with E-state index in [9.17, 15) is 13.2 Å². The third-order valence-electron chi connectivity index (χ3n) is 2.77. The lowest BCUT2D eigenvalue weighted by Crippen LogP contribution is -2.00. The van der Waals surface area contributed by atoms with Gasteiger partial charge in [-0.1, -0.05) is 24.3 Å². The fourth-order valence-electron chi connectivity index (χ4n) is 1.82. The van der Waals surface area contributed by atoms with Crippen LogP contribution in [0.4, 0.5) is 18.9 Å². The third kappa shape index (κ3) is 3.74. The first kappa shape index (κ1) is 13.5. The minimum absolute atomic E-state index is 0.00495. The molecule has 0 aliphatic carbocycles. The van der Waals surface area contributed by atoms with Crippen LogP contribution in [0.25, 0.3) is 0 Å². The highest BCUT2D eigenvalue weighted by atomic mass is 19.3. The smallest absolute Gasteiger partial charge is 0.263 e. The number of hydrogen-bond donors (Lipinski definition) is 1. The lowest BCUT2D eigenvalue weighted by atomic mass is 10.1. The number of anilines is 1. The van der Waals surface area contributed by atoms with Crippen LogP contribution in [0.2, 0.25) is 0 Å². The second-order valence-corrected chi connectivity index (χ2v) is 4.41. The molecule has 0 heterocycles. The number of halogens is 3. The van der Waals surface area contributed by atoms with Gasteiger partial charge >= 0.3 is 0 Å². The Bertz CT molecular complexity index is 530.